The molecule has 2 aromatic carbocycles. The minimum absolute atomic E-state index is 0.340. The van der Waals surface area contributed by atoms with E-state index in [-0.39, 0.29) is 0 Å². The highest BCUT2D eigenvalue weighted by Gasteiger charge is 2.26. The molecule has 154 valence electrons. The zero-order valence-corrected chi connectivity index (χ0v) is 18.3. The van der Waals surface area contributed by atoms with E-state index in [4.69, 9.17) is 14.2 Å². The average Bonchev–Trinajstić information content (AvgIpc) is 3.28. The standard InChI is InChI=1S/C23H27BrN2O3/c1-27-23-15-19(7-8-22(23)24)25-9-11-26(12-10-25)20(14-21-16-28-17-29-21)13-18-5-3-2-4-6-18/h2-8,15-16,20H,9-14,17H2,1H3. The lowest BCUT2D eigenvalue weighted by Gasteiger charge is -2.40. The van der Waals surface area contributed by atoms with Gasteiger partial charge in [0.2, 0.25) is 6.79 Å². The van der Waals surface area contributed by atoms with Crippen molar-refractivity contribution in [2.75, 3.05) is 45.0 Å². The molecule has 2 aliphatic heterocycles. The van der Waals surface area contributed by atoms with Gasteiger partial charge in [0.05, 0.1) is 11.6 Å². The molecule has 0 aromatic heterocycles. The molecule has 5 nitrogen and oxygen atoms in total. The Morgan fingerprint density at radius 2 is 1.83 bits per heavy atom. The Morgan fingerprint density at radius 3 is 2.52 bits per heavy atom. The maximum atomic E-state index is 5.62. The molecule has 0 radical (unpaired) electrons. The van der Waals surface area contributed by atoms with Gasteiger partial charge in [0, 0.05) is 50.4 Å². The summed E-state index contributed by atoms with van der Waals surface area (Å²) in [6, 6.07) is 17.4. The lowest BCUT2D eigenvalue weighted by molar-refractivity contribution is 0.0708. The molecule has 0 N–H and O–H groups in total. The smallest absolute Gasteiger partial charge is 0.229 e. The minimum atomic E-state index is 0.340. The first-order chi connectivity index (χ1) is 14.2. The molecule has 0 bridgehead atoms. The summed E-state index contributed by atoms with van der Waals surface area (Å²) in [5.74, 6) is 1.82. The highest BCUT2D eigenvalue weighted by molar-refractivity contribution is 9.10. The largest absolute Gasteiger partial charge is 0.495 e. The molecule has 0 aliphatic carbocycles. The van der Waals surface area contributed by atoms with Crippen LogP contribution in [0.3, 0.4) is 0 Å². The summed E-state index contributed by atoms with van der Waals surface area (Å²) in [4.78, 5) is 5.02. The fraction of sp³-hybridized carbons (Fsp3) is 0.391. The van der Waals surface area contributed by atoms with Gasteiger partial charge in [-0.25, -0.2) is 0 Å². The van der Waals surface area contributed by atoms with Crippen molar-refractivity contribution >= 4 is 21.6 Å². The first kappa shape index (κ1) is 20.1. The molecule has 6 heteroatoms. The molecule has 2 aliphatic rings. The summed E-state index contributed by atoms with van der Waals surface area (Å²) in [5, 5.41) is 0. The second-order valence-electron chi connectivity index (χ2n) is 7.40. The van der Waals surface area contributed by atoms with Gasteiger partial charge in [0.1, 0.15) is 17.8 Å². The van der Waals surface area contributed by atoms with Crippen LogP contribution in [0.25, 0.3) is 0 Å². The first-order valence-corrected chi connectivity index (χ1v) is 10.8. The molecule has 0 spiro atoms. The van der Waals surface area contributed by atoms with Crippen LogP contribution in [-0.4, -0.2) is 51.0 Å². The summed E-state index contributed by atoms with van der Waals surface area (Å²) in [7, 11) is 1.71. The molecular formula is C23H27BrN2O3. The van der Waals surface area contributed by atoms with Crippen LogP contribution in [0.2, 0.25) is 0 Å². The topological polar surface area (TPSA) is 34.2 Å². The van der Waals surface area contributed by atoms with E-state index < -0.39 is 0 Å². The lowest BCUT2D eigenvalue weighted by atomic mass is 10.00. The molecule has 1 atom stereocenters. The van der Waals surface area contributed by atoms with Crippen LogP contribution in [-0.2, 0) is 15.9 Å². The molecule has 1 fully saturated rings. The van der Waals surface area contributed by atoms with Crippen molar-refractivity contribution in [2.24, 2.45) is 0 Å². The van der Waals surface area contributed by atoms with Gasteiger partial charge in [-0.3, -0.25) is 4.90 Å². The van der Waals surface area contributed by atoms with Gasteiger partial charge >= 0.3 is 0 Å². The third-order valence-corrected chi connectivity index (χ3v) is 6.26. The number of anilines is 1. The summed E-state index contributed by atoms with van der Waals surface area (Å²) < 4.78 is 17.3. The molecule has 4 rings (SSSR count). The SMILES string of the molecule is COc1cc(N2CCN(C(CC3=COCO3)Cc3ccccc3)CC2)ccc1Br. The molecule has 1 saturated heterocycles. The van der Waals surface area contributed by atoms with Crippen LogP contribution < -0.4 is 9.64 Å². The lowest BCUT2D eigenvalue weighted by Crippen LogP contribution is -2.51. The fourth-order valence-electron chi connectivity index (χ4n) is 4.02. The number of halogens is 1. The maximum Gasteiger partial charge on any atom is 0.229 e. The molecule has 0 saturated carbocycles. The zero-order valence-electron chi connectivity index (χ0n) is 16.7. The van der Waals surface area contributed by atoms with Crippen LogP contribution in [0.15, 0.2) is 65.0 Å². The molecule has 1 unspecified atom stereocenters. The summed E-state index contributed by atoms with van der Waals surface area (Å²) in [6.07, 6.45) is 3.65. The van der Waals surface area contributed by atoms with Gasteiger partial charge in [0.25, 0.3) is 0 Å². The van der Waals surface area contributed by atoms with E-state index in [0.717, 1.165) is 55.0 Å². The second kappa shape index (κ2) is 9.55. The van der Waals surface area contributed by atoms with Gasteiger partial charge in [-0.05, 0) is 40.0 Å². The van der Waals surface area contributed by atoms with E-state index >= 15 is 0 Å². The van der Waals surface area contributed by atoms with Crippen molar-refractivity contribution in [1.29, 1.82) is 0 Å². The highest BCUT2D eigenvalue weighted by atomic mass is 79.9. The highest BCUT2D eigenvalue weighted by Crippen LogP contribution is 2.30. The van der Waals surface area contributed by atoms with Gasteiger partial charge in [-0.2, -0.15) is 0 Å². The summed E-state index contributed by atoms with van der Waals surface area (Å²) in [5.41, 5.74) is 2.57. The number of ether oxygens (including phenoxy) is 3. The predicted octanol–water partition coefficient (Wildman–Crippen LogP) is 4.43. The third-order valence-electron chi connectivity index (χ3n) is 5.61. The van der Waals surface area contributed by atoms with Crippen molar-refractivity contribution in [2.45, 2.75) is 18.9 Å². The number of methoxy groups -OCH3 is 1. The second-order valence-corrected chi connectivity index (χ2v) is 8.26. The molecule has 2 heterocycles. The summed E-state index contributed by atoms with van der Waals surface area (Å²) >= 11 is 3.54. The van der Waals surface area contributed by atoms with Crippen molar-refractivity contribution in [3.8, 4) is 5.75 Å². The van der Waals surface area contributed by atoms with Crippen molar-refractivity contribution in [3.05, 3.63) is 70.6 Å². The van der Waals surface area contributed by atoms with E-state index in [0.29, 0.717) is 12.8 Å². The Bertz CT molecular complexity index is 835. The molecule has 0 amide bonds. The van der Waals surface area contributed by atoms with Crippen LogP contribution in [0.4, 0.5) is 5.69 Å². The third kappa shape index (κ3) is 5.06. The van der Waals surface area contributed by atoms with Crippen molar-refractivity contribution < 1.29 is 14.2 Å². The van der Waals surface area contributed by atoms with Crippen molar-refractivity contribution in [3.63, 3.8) is 0 Å². The van der Waals surface area contributed by atoms with Gasteiger partial charge in [0.15, 0.2) is 0 Å². The Labute approximate surface area is 181 Å². The Balaban J connectivity index is 1.43. The fourth-order valence-corrected chi connectivity index (χ4v) is 4.43. The number of piperazine rings is 1. The normalized spacial score (nSPS) is 18.0. The predicted molar refractivity (Wildman–Crippen MR) is 118 cm³/mol. The van der Waals surface area contributed by atoms with Crippen LogP contribution in [0.1, 0.15) is 12.0 Å². The first-order valence-electron chi connectivity index (χ1n) is 10.0. The quantitative estimate of drug-likeness (QED) is 0.612. The van der Waals surface area contributed by atoms with E-state index in [9.17, 15) is 0 Å². The van der Waals surface area contributed by atoms with Gasteiger partial charge < -0.3 is 19.1 Å². The average molecular weight is 459 g/mol. The van der Waals surface area contributed by atoms with E-state index in [1.54, 1.807) is 13.4 Å². The Morgan fingerprint density at radius 1 is 1.03 bits per heavy atom. The minimum Gasteiger partial charge on any atom is -0.495 e. The van der Waals surface area contributed by atoms with Crippen molar-refractivity contribution in [1.82, 2.24) is 4.90 Å². The molecule has 29 heavy (non-hydrogen) atoms. The number of hydrogen-bond acceptors (Lipinski definition) is 5. The number of rotatable bonds is 7. The Kier molecular flexibility index (Phi) is 6.62. The monoisotopic (exact) mass is 458 g/mol. The van der Waals surface area contributed by atoms with E-state index in [1.807, 2.05) is 0 Å². The Hall–Kier alpha value is -2.18. The van der Waals surface area contributed by atoms with Crippen LogP contribution in [0, 0.1) is 0 Å². The van der Waals surface area contributed by atoms with Gasteiger partial charge in [-0.15, -0.1) is 0 Å². The molecular weight excluding hydrogens is 432 g/mol. The van der Waals surface area contributed by atoms with Gasteiger partial charge in [-0.1, -0.05) is 30.3 Å². The summed E-state index contributed by atoms with van der Waals surface area (Å²) in [6.45, 7) is 4.36. The number of nitrogens with zero attached hydrogens (tertiary/aromatic N) is 2. The van der Waals surface area contributed by atoms with Crippen LogP contribution >= 0.6 is 15.9 Å². The number of hydrogen-bond donors (Lipinski definition) is 0. The zero-order chi connectivity index (χ0) is 20.1. The van der Waals surface area contributed by atoms with E-state index in [2.05, 4.69) is 74.3 Å². The van der Waals surface area contributed by atoms with E-state index in [1.165, 1.54) is 11.3 Å². The van der Waals surface area contributed by atoms with Crippen LogP contribution in [0.5, 0.6) is 5.75 Å². The molecule has 2 aromatic rings. The maximum absolute atomic E-state index is 5.62. The number of benzene rings is 2.